The number of benzene rings is 2. The maximum Gasteiger partial charge on any atom is 0.408 e. The van der Waals surface area contributed by atoms with E-state index in [4.69, 9.17) is 19.9 Å². The Morgan fingerprint density at radius 3 is 1.35 bits per heavy atom. The summed E-state index contributed by atoms with van der Waals surface area (Å²) in [5, 5.41) is 25.1. The van der Waals surface area contributed by atoms with Crippen LogP contribution in [0.15, 0.2) is 83.6 Å². The van der Waals surface area contributed by atoms with Crippen LogP contribution in [0.4, 0.5) is 16.2 Å². The standard InChI is InChI=1S/C30H47N5O11S2.C25H39N5O9S2/c1-7-22-21-30(22,31-28(38)46-29(3,4)5)27(37)33-48(43,44)34(6)20-16-12-10-9-11-13-17-23(26(36)45-8-2)32-47(41,42)25-19-15-14-18-24(25)35(39)40;1-4-19-18-25(19,26)24(32)28-41(37,38)29(3)17-13-9-7-6-8-10-14-20(23(31)39-5-2)27-40(35,36)22-16-12-11-15-21(22)30(33)34/h7,14-15,18-19,22-23,32H,1,8-13,16-17,20-21H2,2-6H3,(H,31,38)(H,33,37);4,11-12,15-16,19-20,27H,1,5-10,13-14,17-18,26H2,2-3H3,(H,28,32)/t22-,23+,30-;19-,20+,25-/m11/s1. The first-order valence-corrected chi connectivity index (χ1v) is 34.8. The molecule has 0 radical (unpaired) electrons. The highest BCUT2D eigenvalue weighted by atomic mass is 32.2. The summed E-state index contributed by atoms with van der Waals surface area (Å²) in [6.07, 6.45) is 10.5. The first-order valence-electron chi connectivity index (χ1n) is 29.0. The Hall–Kier alpha value is -6.53. The second-order valence-electron chi connectivity index (χ2n) is 22.4. The maximum atomic E-state index is 13.0. The average molecular weight is 1340 g/mol. The van der Waals surface area contributed by atoms with Crippen molar-refractivity contribution < 1.29 is 81.7 Å². The lowest BCUT2D eigenvalue weighted by atomic mass is 10.1. The molecule has 89 heavy (non-hydrogen) atoms. The predicted octanol–water partition coefficient (Wildman–Crippen LogP) is 5.03. The number of nitro benzene ring substituents is 2. The van der Waals surface area contributed by atoms with Gasteiger partial charge in [-0.15, -0.1) is 13.2 Å². The maximum absolute atomic E-state index is 13.0. The van der Waals surface area contributed by atoms with Crippen LogP contribution in [-0.4, -0.2) is 151 Å². The van der Waals surface area contributed by atoms with Crippen molar-refractivity contribution in [1.82, 2.24) is 32.8 Å². The van der Waals surface area contributed by atoms with Gasteiger partial charge in [0.15, 0.2) is 9.79 Å². The van der Waals surface area contributed by atoms with E-state index in [0.717, 1.165) is 52.1 Å². The van der Waals surface area contributed by atoms with E-state index < -0.39 is 136 Å². The summed E-state index contributed by atoms with van der Waals surface area (Å²) in [6, 6.07) is 7.25. The lowest BCUT2D eigenvalue weighted by Gasteiger charge is -2.24. The molecule has 30 nitrogen and oxygen atoms in total. The van der Waals surface area contributed by atoms with Gasteiger partial charge in [-0.2, -0.15) is 34.9 Å². The lowest BCUT2D eigenvalue weighted by molar-refractivity contribution is -0.388. The van der Waals surface area contributed by atoms with Crippen LogP contribution in [0, 0.1) is 32.1 Å². The molecule has 2 saturated carbocycles. The van der Waals surface area contributed by atoms with Gasteiger partial charge in [-0.25, -0.2) is 31.1 Å². The smallest absolute Gasteiger partial charge is 0.408 e. The van der Waals surface area contributed by atoms with Crippen molar-refractivity contribution in [2.24, 2.45) is 17.6 Å². The average Bonchev–Trinajstić information content (AvgIpc) is 1.73. The number of para-hydroxylation sites is 2. The van der Waals surface area contributed by atoms with E-state index >= 15 is 0 Å². The number of sulfonamides is 2. The highest BCUT2D eigenvalue weighted by Gasteiger charge is 2.61. The summed E-state index contributed by atoms with van der Waals surface area (Å²) in [4.78, 5) is 82.3. The summed E-state index contributed by atoms with van der Waals surface area (Å²) in [5.74, 6) is -3.89. The third-order valence-corrected chi connectivity index (χ3v) is 20.3. The molecule has 0 aromatic heterocycles. The summed E-state index contributed by atoms with van der Waals surface area (Å²) in [7, 11) is -14.3. The summed E-state index contributed by atoms with van der Waals surface area (Å²) >= 11 is 0. The molecule has 0 unspecified atom stereocenters. The van der Waals surface area contributed by atoms with Crippen LogP contribution in [0.2, 0.25) is 0 Å². The number of unbranched alkanes of at least 4 members (excludes halogenated alkanes) is 10. The molecule has 0 aliphatic heterocycles. The quantitative estimate of drug-likeness (QED) is 0.0128. The summed E-state index contributed by atoms with van der Waals surface area (Å²) in [6.45, 7) is 15.8. The second-order valence-corrected chi connectivity index (χ2v) is 29.3. The third-order valence-electron chi connectivity index (χ3n) is 14.3. The van der Waals surface area contributed by atoms with E-state index in [9.17, 15) is 77.9 Å². The van der Waals surface area contributed by atoms with Gasteiger partial charge in [0.1, 0.15) is 28.8 Å². The fourth-order valence-corrected chi connectivity index (χ4v) is 13.8. The van der Waals surface area contributed by atoms with Crippen molar-refractivity contribution >= 4 is 81.7 Å². The zero-order chi connectivity index (χ0) is 67.2. The molecule has 0 spiro atoms. The molecule has 2 aliphatic carbocycles. The molecule has 4 rings (SSSR count). The fraction of sp³-hybridized carbons (Fsp3) is 0.618. The number of ether oxygens (including phenoxy) is 3. The van der Waals surface area contributed by atoms with Gasteiger partial charge < -0.3 is 25.3 Å². The van der Waals surface area contributed by atoms with Gasteiger partial charge in [0, 0.05) is 51.2 Å². The molecule has 34 heteroatoms. The highest BCUT2D eigenvalue weighted by molar-refractivity contribution is 7.90. The van der Waals surface area contributed by atoms with Crippen molar-refractivity contribution in [1.29, 1.82) is 0 Å². The summed E-state index contributed by atoms with van der Waals surface area (Å²) in [5.41, 5.74) is 1.17. The largest absolute Gasteiger partial charge is 0.465 e. The Morgan fingerprint density at radius 1 is 0.629 bits per heavy atom. The Bertz CT molecular complexity index is 3290. The zero-order valence-electron chi connectivity index (χ0n) is 51.3. The van der Waals surface area contributed by atoms with Gasteiger partial charge in [-0.05, 0) is 85.3 Å². The molecule has 0 bridgehead atoms. The van der Waals surface area contributed by atoms with E-state index in [1.807, 2.05) is 9.44 Å². The minimum absolute atomic E-state index is 0.0234. The number of rotatable bonds is 39. The van der Waals surface area contributed by atoms with Crippen molar-refractivity contribution in [3.05, 3.63) is 94.1 Å². The molecule has 6 atom stereocenters. The molecule has 2 aromatic rings. The minimum Gasteiger partial charge on any atom is -0.465 e. The van der Waals surface area contributed by atoms with Crippen LogP contribution in [0.1, 0.15) is 137 Å². The van der Waals surface area contributed by atoms with Gasteiger partial charge in [-0.3, -0.25) is 39.4 Å². The Labute approximate surface area is 521 Å². The Balaban J connectivity index is 0.000000471. The molecule has 7 N–H and O–H groups in total. The minimum atomic E-state index is -4.40. The predicted molar refractivity (Wildman–Crippen MR) is 327 cm³/mol. The number of nitro groups is 2. The molecular weight excluding hydrogens is 1250 g/mol. The number of hydrogen-bond acceptors (Lipinski definition) is 21. The first-order chi connectivity index (χ1) is 41.5. The number of amides is 3. The topological polar surface area (TPSA) is 429 Å². The molecule has 2 aliphatic rings. The molecule has 2 aromatic carbocycles. The van der Waals surface area contributed by atoms with E-state index in [-0.39, 0.29) is 51.5 Å². The van der Waals surface area contributed by atoms with E-state index in [0.29, 0.717) is 64.2 Å². The van der Waals surface area contributed by atoms with E-state index in [1.54, 1.807) is 34.6 Å². The molecule has 0 saturated heterocycles. The van der Waals surface area contributed by atoms with Gasteiger partial charge >= 0.3 is 38.5 Å². The van der Waals surface area contributed by atoms with Crippen LogP contribution in [0.5, 0.6) is 0 Å². The number of nitrogens with one attached hydrogen (secondary N) is 5. The van der Waals surface area contributed by atoms with Crippen LogP contribution in [0.3, 0.4) is 0 Å². The lowest BCUT2D eigenvalue weighted by Crippen LogP contribution is -2.54. The third kappa shape index (κ3) is 23.7. The fourth-order valence-electron chi connectivity index (χ4n) is 9.08. The molecule has 3 amide bonds. The Kier molecular flexibility index (Phi) is 29.4. The number of carbonyl (C=O) groups excluding carboxylic acids is 5. The summed E-state index contributed by atoms with van der Waals surface area (Å²) < 4.78 is 128. The second kappa shape index (κ2) is 34.1. The van der Waals surface area contributed by atoms with Crippen molar-refractivity contribution in [2.45, 2.75) is 176 Å². The number of esters is 2. The van der Waals surface area contributed by atoms with E-state index in [1.165, 1.54) is 50.5 Å². The molecule has 2 fully saturated rings. The Morgan fingerprint density at radius 2 is 1.00 bits per heavy atom. The number of nitrogens with zero attached hydrogens (tertiary/aromatic N) is 4. The van der Waals surface area contributed by atoms with Crippen LogP contribution in [0.25, 0.3) is 0 Å². The van der Waals surface area contributed by atoms with Crippen LogP contribution in [-0.2, 0) is 73.9 Å². The SMILES string of the molecule is C=C[C@@H]1C[C@]1(N)C(=O)NS(=O)(=O)N(C)CCCCCCCC[C@H](NS(=O)(=O)c1ccccc1[N+](=O)[O-])C(=O)OCC.C=C[C@@H]1C[C@]1(NC(=O)OC(C)(C)C)C(=O)NS(=O)(=O)N(C)CCCCCCCC[C@H](NS(=O)(=O)c1ccccc1[N+](=O)[O-])C(=O)OCC. The number of nitrogens with two attached hydrogens (primary N) is 1. The van der Waals surface area contributed by atoms with E-state index in [2.05, 4.69) is 27.9 Å². The van der Waals surface area contributed by atoms with Crippen LogP contribution < -0.4 is 29.9 Å². The number of alkyl carbamates (subject to hydrolysis) is 1. The van der Waals surface area contributed by atoms with Crippen molar-refractivity contribution in [2.75, 3.05) is 40.4 Å². The highest BCUT2D eigenvalue weighted by Crippen LogP contribution is 2.45. The molecular formula is C55H86N10O20S4. The molecule has 0 heterocycles. The van der Waals surface area contributed by atoms with Gasteiger partial charge in [0.05, 0.1) is 23.1 Å². The van der Waals surface area contributed by atoms with Gasteiger partial charge in [-0.1, -0.05) is 101 Å². The monoisotopic (exact) mass is 1330 g/mol. The zero-order valence-corrected chi connectivity index (χ0v) is 54.6. The van der Waals surface area contributed by atoms with Gasteiger partial charge in [0.25, 0.3) is 23.2 Å². The van der Waals surface area contributed by atoms with Crippen LogP contribution >= 0.6 is 0 Å². The van der Waals surface area contributed by atoms with Gasteiger partial charge in [0.2, 0.25) is 20.0 Å². The normalized spacial score (nSPS) is 18.9. The first kappa shape index (κ1) is 76.7. The van der Waals surface area contributed by atoms with Crippen molar-refractivity contribution in [3.63, 3.8) is 0 Å². The van der Waals surface area contributed by atoms with Crippen molar-refractivity contribution in [3.8, 4) is 0 Å². The molecule has 500 valence electrons. The number of hydrogen-bond donors (Lipinski definition) is 6. The number of carbonyl (C=O) groups is 5.